The van der Waals surface area contributed by atoms with Crippen LogP contribution in [0.15, 0.2) is 34.9 Å². The van der Waals surface area contributed by atoms with Crippen LogP contribution in [-0.4, -0.2) is 48.7 Å². The van der Waals surface area contributed by atoms with Gasteiger partial charge in [-0.15, -0.1) is 0 Å². The number of hydrogen-bond donors (Lipinski definition) is 1. The van der Waals surface area contributed by atoms with Crippen molar-refractivity contribution in [3.05, 3.63) is 41.6 Å². The second-order valence-electron chi connectivity index (χ2n) is 6.19. The molecule has 1 aliphatic rings. The Kier molecular flexibility index (Phi) is 5.17. The second-order valence-corrected chi connectivity index (χ2v) is 6.19. The molecule has 26 heavy (non-hydrogen) atoms. The Hall–Kier alpha value is -2.55. The molecule has 0 unspecified atom stereocenters. The molecule has 0 atom stereocenters. The quantitative estimate of drug-likeness (QED) is 0.899. The molecule has 1 aromatic heterocycles. The summed E-state index contributed by atoms with van der Waals surface area (Å²) in [4.78, 5) is 15.9. The molecule has 1 amide bonds. The molecule has 0 spiro atoms. The fraction of sp³-hybridized carbons (Fsp3) is 0.412. The van der Waals surface area contributed by atoms with Gasteiger partial charge in [0.1, 0.15) is 0 Å². The van der Waals surface area contributed by atoms with E-state index < -0.39 is 11.7 Å². The lowest BCUT2D eigenvalue weighted by atomic mass is 10.1. The Labute approximate surface area is 148 Å². The SMILES string of the molecule is Cc1cc(NC(=O)CN2CCN(c3cccc(C(F)(F)F)c3)CC2)on1. The highest BCUT2D eigenvalue weighted by molar-refractivity contribution is 5.91. The van der Waals surface area contributed by atoms with Crippen molar-refractivity contribution in [1.82, 2.24) is 10.1 Å². The van der Waals surface area contributed by atoms with Gasteiger partial charge in [0.05, 0.1) is 17.8 Å². The highest BCUT2D eigenvalue weighted by Gasteiger charge is 2.31. The molecule has 1 aliphatic heterocycles. The highest BCUT2D eigenvalue weighted by atomic mass is 19.4. The van der Waals surface area contributed by atoms with E-state index in [9.17, 15) is 18.0 Å². The summed E-state index contributed by atoms with van der Waals surface area (Å²) in [5, 5.41) is 6.32. The molecular formula is C17H19F3N4O2. The average molecular weight is 368 g/mol. The zero-order chi connectivity index (χ0) is 18.7. The van der Waals surface area contributed by atoms with Crippen LogP contribution < -0.4 is 10.2 Å². The van der Waals surface area contributed by atoms with Gasteiger partial charge in [0, 0.05) is 37.9 Å². The lowest BCUT2D eigenvalue weighted by Crippen LogP contribution is -2.48. The number of rotatable bonds is 4. The van der Waals surface area contributed by atoms with Crippen molar-refractivity contribution in [2.24, 2.45) is 0 Å². The zero-order valence-electron chi connectivity index (χ0n) is 14.2. The van der Waals surface area contributed by atoms with E-state index in [-0.39, 0.29) is 12.5 Å². The first-order valence-corrected chi connectivity index (χ1v) is 8.19. The van der Waals surface area contributed by atoms with Gasteiger partial charge >= 0.3 is 6.18 Å². The normalized spacial score (nSPS) is 15.9. The Balaban J connectivity index is 1.52. The van der Waals surface area contributed by atoms with Gasteiger partial charge in [0.25, 0.3) is 0 Å². The number of aryl methyl sites for hydroxylation is 1. The fourth-order valence-electron chi connectivity index (χ4n) is 2.85. The van der Waals surface area contributed by atoms with Crippen molar-refractivity contribution in [3.8, 4) is 0 Å². The molecule has 1 aromatic carbocycles. The molecule has 6 nitrogen and oxygen atoms in total. The molecule has 140 valence electrons. The topological polar surface area (TPSA) is 61.6 Å². The molecule has 2 aromatic rings. The number of hydrogen-bond acceptors (Lipinski definition) is 5. The van der Waals surface area contributed by atoms with Crippen LogP contribution in [0.2, 0.25) is 0 Å². The Morgan fingerprint density at radius 3 is 2.58 bits per heavy atom. The van der Waals surface area contributed by atoms with E-state index in [0.29, 0.717) is 43.4 Å². The van der Waals surface area contributed by atoms with Crippen LogP contribution in [0.5, 0.6) is 0 Å². The standard InChI is InChI=1S/C17H19F3N4O2/c1-12-9-16(26-22-12)21-15(25)11-23-5-7-24(8-6-23)14-4-2-3-13(10-14)17(18,19)20/h2-4,9-10H,5-8,11H2,1H3,(H,21,25). The van der Waals surface area contributed by atoms with Crippen molar-refractivity contribution < 1.29 is 22.5 Å². The molecule has 3 rings (SSSR count). The number of amides is 1. The monoisotopic (exact) mass is 368 g/mol. The smallest absolute Gasteiger partial charge is 0.369 e. The first-order valence-electron chi connectivity index (χ1n) is 8.19. The first-order chi connectivity index (χ1) is 12.3. The molecule has 0 aliphatic carbocycles. The summed E-state index contributed by atoms with van der Waals surface area (Å²) in [5.74, 6) is 0.0868. The van der Waals surface area contributed by atoms with Gasteiger partial charge in [-0.05, 0) is 25.1 Å². The van der Waals surface area contributed by atoms with Crippen LogP contribution in [0.4, 0.5) is 24.7 Å². The van der Waals surface area contributed by atoms with Crippen molar-refractivity contribution in [2.45, 2.75) is 13.1 Å². The number of halogens is 3. The summed E-state index contributed by atoms with van der Waals surface area (Å²) in [5.41, 5.74) is 0.565. The second kappa shape index (κ2) is 7.36. The minimum atomic E-state index is -4.35. The summed E-state index contributed by atoms with van der Waals surface area (Å²) in [6.45, 7) is 4.21. The third-order valence-electron chi connectivity index (χ3n) is 4.17. The Bertz CT molecular complexity index is 767. The predicted molar refractivity (Wildman–Crippen MR) is 90.0 cm³/mol. The van der Waals surface area contributed by atoms with Gasteiger partial charge in [-0.2, -0.15) is 13.2 Å². The summed E-state index contributed by atoms with van der Waals surface area (Å²) < 4.78 is 43.5. The van der Waals surface area contributed by atoms with Crippen LogP contribution in [0.3, 0.4) is 0 Å². The summed E-state index contributed by atoms with van der Waals surface area (Å²) in [7, 11) is 0. The Morgan fingerprint density at radius 1 is 1.23 bits per heavy atom. The van der Waals surface area contributed by atoms with Crippen molar-refractivity contribution >= 4 is 17.5 Å². The molecule has 1 saturated heterocycles. The maximum absolute atomic E-state index is 12.8. The number of anilines is 2. The molecule has 2 heterocycles. The van der Waals surface area contributed by atoms with Crippen LogP contribution in [-0.2, 0) is 11.0 Å². The van der Waals surface area contributed by atoms with E-state index in [2.05, 4.69) is 10.5 Å². The number of carbonyl (C=O) groups is 1. The van der Waals surface area contributed by atoms with Crippen LogP contribution in [0.1, 0.15) is 11.3 Å². The highest BCUT2D eigenvalue weighted by Crippen LogP contribution is 2.31. The van der Waals surface area contributed by atoms with Crippen molar-refractivity contribution in [3.63, 3.8) is 0 Å². The van der Waals surface area contributed by atoms with Gasteiger partial charge in [-0.25, -0.2) is 0 Å². The zero-order valence-corrected chi connectivity index (χ0v) is 14.2. The maximum atomic E-state index is 12.8. The molecule has 0 saturated carbocycles. The largest absolute Gasteiger partial charge is 0.416 e. The lowest BCUT2D eigenvalue weighted by Gasteiger charge is -2.35. The van der Waals surface area contributed by atoms with Crippen molar-refractivity contribution in [2.75, 3.05) is 42.9 Å². The number of carbonyl (C=O) groups excluding carboxylic acids is 1. The number of benzene rings is 1. The van der Waals surface area contributed by atoms with Gasteiger partial charge in [0.15, 0.2) is 0 Å². The average Bonchev–Trinajstić information content (AvgIpc) is 2.99. The molecule has 0 radical (unpaired) electrons. The van der Waals surface area contributed by atoms with E-state index in [1.165, 1.54) is 6.07 Å². The molecule has 1 fully saturated rings. The summed E-state index contributed by atoms with van der Waals surface area (Å²) in [6.07, 6.45) is -4.35. The summed E-state index contributed by atoms with van der Waals surface area (Å²) in [6, 6.07) is 6.94. The van der Waals surface area contributed by atoms with E-state index in [4.69, 9.17) is 4.52 Å². The molecule has 1 N–H and O–H groups in total. The fourth-order valence-corrected chi connectivity index (χ4v) is 2.85. The van der Waals surface area contributed by atoms with Crippen molar-refractivity contribution in [1.29, 1.82) is 0 Å². The van der Waals surface area contributed by atoms with Gasteiger partial charge in [-0.3, -0.25) is 15.0 Å². The molecule has 0 bridgehead atoms. The first kappa shape index (κ1) is 18.2. The van der Waals surface area contributed by atoms with E-state index in [1.54, 1.807) is 19.1 Å². The maximum Gasteiger partial charge on any atom is 0.416 e. The molecular weight excluding hydrogens is 349 g/mol. The number of nitrogens with one attached hydrogen (secondary N) is 1. The Morgan fingerprint density at radius 2 is 1.96 bits per heavy atom. The van der Waals surface area contributed by atoms with Gasteiger partial charge in [0.2, 0.25) is 11.8 Å². The number of nitrogens with zero attached hydrogens (tertiary/aromatic N) is 3. The number of alkyl halides is 3. The van der Waals surface area contributed by atoms with E-state index in [0.717, 1.165) is 12.1 Å². The minimum Gasteiger partial charge on any atom is -0.369 e. The van der Waals surface area contributed by atoms with E-state index >= 15 is 0 Å². The third kappa shape index (κ3) is 4.54. The number of piperazine rings is 1. The third-order valence-corrected chi connectivity index (χ3v) is 4.17. The van der Waals surface area contributed by atoms with Gasteiger partial charge in [-0.1, -0.05) is 11.2 Å². The predicted octanol–water partition coefficient (Wildman–Crippen LogP) is 2.76. The van der Waals surface area contributed by atoms with E-state index in [1.807, 2.05) is 9.80 Å². The van der Waals surface area contributed by atoms with Crippen LogP contribution in [0.25, 0.3) is 0 Å². The van der Waals surface area contributed by atoms with Crippen LogP contribution >= 0.6 is 0 Å². The van der Waals surface area contributed by atoms with Gasteiger partial charge < -0.3 is 9.42 Å². The lowest BCUT2D eigenvalue weighted by molar-refractivity contribution is -0.137. The molecule has 9 heteroatoms. The summed E-state index contributed by atoms with van der Waals surface area (Å²) >= 11 is 0. The minimum absolute atomic E-state index is 0.191. The number of aromatic nitrogens is 1. The van der Waals surface area contributed by atoms with Crippen LogP contribution in [0, 0.1) is 6.92 Å².